The molecule has 0 saturated carbocycles. The van der Waals surface area contributed by atoms with E-state index < -0.39 is 5.79 Å². The van der Waals surface area contributed by atoms with Crippen LogP contribution in [0, 0.1) is 29.6 Å². The summed E-state index contributed by atoms with van der Waals surface area (Å²) in [7, 11) is 0. The summed E-state index contributed by atoms with van der Waals surface area (Å²) < 4.78 is 0. The lowest BCUT2D eigenvalue weighted by Gasteiger charge is -2.03. The Morgan fingerprint density at radius 1 is 1.33 bits per heavy atom. The summed E-state index contributed by atoms with van der Waals surface area (Å²) in [4.78, 5) is 0. The molecule has 0 rings (SSSR count). The van der Waals surface area contributed by atoms with E-state index in [1.807, 2.05) is 13.8 Å². The van der Waals surface area contributed by atoms with Gasteiger partial charge in [-0.15, -0.1) is 0 Å². The maximum Gasteiger partial charge on any atom is 0.226 e. The number of hydrogen-bond acceptors (Lipinski definition) is 2. The Hall–Kier alpha value is -0.960. The average Bonchev–Trinajstić information content (AvgIpc) is 1.96. The minimum Gasteiger partial charge on any atom is -0.356 e. The van der Waals surface area contributed by atoms with Gasteiger partial charge in [0.1, 0.15) is 0 Å². The van der Waals surface area contributed by atoms with Crippen molar-refractivity contribution < 1.29 is 10.2 Å². The standard InChI is InChI=1S/C10H14O2/c1-4-9(2)7-5-6-8-10(3,11)12/h9,11-12H,4H2,1-3H3. The van der Waals surface area contributed by atoms with Crippen molar-refractivity contribution in [3.05, 3.63) is 0 Å². The van der Waals surface area contributed by atoms with Crippen LogP contribution in [-0.4, -0.2) is 16.0 Å². The molecule has 0 bridgehead atoms. The van der Waals surface area contributed by atoms with Crippen molar-refractivity contribution in [1.29, 1.82) is 0 Å². The maximum absolute atomic E-state index is 8.75. The summed E-state index contributed by atoms with van der Waals surface area (Å²) >= 11 is 0. The van der Waals surface area contributed by atoms with Gasteiger partial charge >= 0.3 is 0 Å². The molecule has 0 aromatic heterocycles. The van der Waals surface area contributed by atoms with E-state index >= 15 is 0 Å². The normalized spacial score (nSPS) is 12.1. The second-order valence-corrected chi connectivity index (χ2v) is 2.85. The molecule has 0 aliphatic heterocycles. The molecule has 2 heteroatoms. The smallest absolute Gasteiger partial charge is 0.226 e. The SMILES string of the molecule is CCC(C)C#CC#CC(C)(O)O. The van der Waals surface area contributed by atoms with Gasteiger partial charge in [0.05, 0.1) is 0 Å². The molecule has 0 radical (unpaired) electrons. The van der Waals surface area contributed by atoms with Gasteiger partial charge in [0.15, 0.2) is 0 Å². The molecule has 0 aliphatic carbocycles. The van der Waals surface area contributed by atoms with Crippen molar-refractivity contribution in [2.75, 3.05) is 0 Å². The Morgan fingerprint density at radius 3 is 2.33 bits per heavy atom. The molecule has 1 atom stereocenters. The minimum absolute atomic E-state index is 0.308. The zero-order valence-corrected chi connectivity index (χ0v) is 7.68. The molecule has 0 aromatic carbocycles. The number of hydrogen-bond donors (Lipinski definition) is 2. The molecule has 0 fully saturated rings. The van der Waals surface area contributed by atoms with Gasteiger partial charge in [-0.25, -0.2) is 0 Å². The largest absolute Gasteiger partial charge is 0.356 e. The van der Waals surface area contributed by atoms with Crippen molar-refractivity contribution in [3.8, 4) is 23.7 Å². The fourth-order valence-electron chi connectivity index (χ4n) is 0.411. The van der Waals surface area contributed by atoms with Gasteiger partial charge in [-0.3, -0.25) is 0 Å². The molecule has 66 valence electrons. The summed E-state index contributed by atoms with van der Waals surface area (Å²) in [6.45, 7) is 5.23. The van der Waals surface area contributed by atoms with E-state index in [0.717, 1.165) is 6.42 Å². The number of rotatable bonds is 1. The summed E-state index contributed by atoms with van der Waals surface area (Å²) in [5.74, 6) is 8.37. The van der Waals surface area contributed by atoms with Crippen LogP contribution in [0.4, 0.5) is 0 Å². The quantitative estimate of drug-likeness (QED) is 0.445. The van der Waals surface area contributed by atoms with Crippen LogP contribution in [-0.2, 0) is 0 Å². The first-order chi connectivity index (χ1) is 5.45. The Kier molecular flexibility index (Phi) is 4.44. The summed E-state index contributed by atoms with van der Waals surface area (Å²) in [5, 5.41) is 17.5. The Bertz CT molecular complexity index is 239. The molecule has 2 nitrogen and oxygen atoms in total. The van der Waals surface area contributed by atoms with Crippen LogP contribution < -0.4 is 0 Å². The highest BCUT2D eigenvalue weighted by Crippen LogP contribution is 1.96. The third-order valence-corrected chi connectivity index (χ3v) is 1.29. The molecule has 12 heavy (non-hydrogen) atoms. The zero-order valence-electron chi connectivity index (χ0n) is 7.68. The van der Waals surface area contributed by atoms with Crippen molar-refractivity contribution >= 4 is 0 Å². The molecule has 0 amide bonds. The Labute approximate surface area is 73.6 Å². The lowest BCUT2D eigenvalue weighted by atomic mass is 10.1. The monoisotopic (exact) mass is 166 g/mol. The molecule has 0 heterocycles. The van der Waals surface area contributed by atoms with Crippen LogP contribution >= 0.6 is 0 Å². The average molecular weight is 166 g/mol. The molecule has 0 spiro atoms. The first-order valence-corrected chi connectivity index (χ1v) is 3.93. The maximum atomic E-state index is 8.75. The molecular weight excluding hydrogens is 152 g/mol. The van der Waals surface area contributed by atoms with Gasteiger partial charge in [-0.1, -0.05) is 19.8 Å². The van der Waals surface area contributed by atoms with Gasteiger partial charge in [-0.05, 0) is 24.2 Å². The van der Waals surface area contributed by atoms with Gasteiger partial charge < -0.3 is 10.2 Å². The van der Waals surface area contributed by atoms with E-state index in [1.54, 1.807) is 0 Å². The highest BCUT2D eigenvalue weighted by molar-refractivity contribution is 5.28. The van der Waals surface area contributed by atoms with Crippen LogP contribution in [0.5, 0.6) is 0 Å². The van der Waals surface area contributed by atoms with Crippen LogP contribution in [0.2, 0.25) is 0 Å². The highest BCUT2D eigenvalue weighted by Gasteiger charge is 2.07. The van der Waals surface area contributed by atoms with E-state index in [1.165, 1.54) is 6.92 Å². The third-order valence-electron chi connectivity index (χ3n) is 1.29. The van der Waals surface area contributed by atoms with E-state index in [2.05, 4.69) is 23.7 Å². The van der Waals surface area contributed by atoms with Crippen LogP contribution in [0.1, 0.15) is 27.2 Å². The number of aliphatic hydroxyl groups is 2. The molecule has 0 aromatic rings. The topological polar surface area (TPSA) is 40.5 Å². The Morgan fingerprint density at radius 2 is 1.92 bits per heavy atom. The van der Waals surface area contributed by atoms with Crippen LogP contribution in [0.15, 0.2) is 0 Å². The summed E-state index contributed by atoms with van der Waals surface area (Å²) in [5.41, 5.74) is 0. The van der Waals surface area contributed by atoms with Crippen molar-refractivity contribution in [3.63, 3.8) is 0 Å². The lowest BCUT2D eigenvalue weighted by Crippen LogP contribution is -2.19. The van der Waals surface area contributed by atoms with Crippen molar-refractivity contribution in [2.45, 2.75) is 33.0 Å². The first-order valence-electron chi connectivity index (χ1n) is 3.93. The molecule has 1 unspecified atom stereocenters. The lowest BCUT2D eigenvalue weighted by molar-refractivity contribution is -0.0914. The van der Waals surface area contributed by atoms with Crippen LogP contribution in [0.25, 0.3) is 0 Å². The van der Waals surface area contributed by atoms with E-state index in [0.29, 0.717) is 5.92 Å². The molecule has 0 saturated heterocycles. The Balaban J connectivity index is 4.07. The minimum atomic E-state index is -1.93. The van der Waals surface area contributed by atoms with Gasteiger partial charge in [0.2, 0.25) is 5.79 Å². The second kappa shape index (κ2) is 4.83. The highest BCUT2D eigenvalue weighted by atomic mass is 16.5. The van der Waals surface area contributed by atoms with E-state index in [-0.39, 0.29) is 0 Å². The molecular formula is C10H14O2. The van der Waals surface area contributed by atoms with E-state index in [4.69, 9.17) is 10.2 Å². The van der Waals surface area contributed by atoms with Gasteiger partial charge in [0.25, 0.3) is 0 Å². The summed E-state index contributed by atoms with van der Waals surface area (Å²) in [6.07, 6.45) is 0.976. The van der Waals surface area contributed by atoms with Gasteiger partial charge in [-0.2, -0.15) is 0 Å². The van der Waals surface area contributed by atoms with Crippen LogP contribution in [0.3, 0.4) is 0 Å². The first kappa shape index (κ1) is 11.0. The second-order valence-electron chi connectivity index (χ2n) is 2.85. The fourth-order valence-corrected chi connectivity index (χ4v) is 0.411. The van der Waals surface area contributed by atoms with Crippen molar-refractivity contribution in [2.24, 2.45) is 5.92 Å². The predicted molar refractivity (Wildman–Crippen MR) is 47.8 cm³/mol. The van der Waals surface area contributed by atoms with E-state index in [9.17, 15) is 0 Å². The van der Waals surface area contributed by atoms with Crippen molar-refractivity contribution in [1.82, 2.24) is 0 Å². The zero-order chi connectivity index (χ0) is 9.61. The fraction of sp³-hybridized carbons (Fsp3) is 0.600. The molecule has 0 aliphatic rings. The van der Waals surface area contributed by atoms with Gasteiger partial charge in [0, 0.05) is 12.8 Å². The summed E-state index contributed by atoms with van der Waals surface area (Å²) in [6, 6.07) is 0. The molecule has 2 N–H and O–H groups in total. The third kappa shape index (κ3) is 7.15. The predicted octanol–water partition coefficient (Wildman–Crippen LogP) is 0.740.